The van der Waals surface area contributed by atoms with Gasteiger partial charge in [0, 0.05) is 25.7 Å². The maximum atomic E-state index is 12.8. The molecule has 0 spiro atoms. The average molecular weight is 1050 g/mol. The van der Waals surface area contributed by atoms with Crippen molar-refractivity contribution in [3.05, 3.63) is 0 Å². The number of unbranched alkanes of at least 4 members (excludes halogenated alkanes) is 26. The average Bonchev–Trinajstić information content (AvgIpc) is 3.33. The highest BCUT2D eigenvalue weighted by atomic mass is 31.2. The van der Waals surface area contributed by atoms with E-state index in [0.29, 0.717) is 25.7 Å². The first kappa shape index (κ1) is 68.1. The fourth-order valence-corrected chi connectivity index (χ4v) is 8.91. The van der Waals surface area contributed by atoms with E-state index in [9.17, 15) is 43.2 Å². The summed E-state index contributed by atoms with van der Waals surface area (Å²) in [4.78, 5) is 71.0. The van der Waals surface area contributed by atoms with Crippen LogP contribution in [0.2, 0.25) is 0 Å². The van der Waals surface area contributed by atoms with Crippen LogP contribution in [0.1, 0.15) is 246 Å². The first-order valence-electron chi connectivity index (χ1n) is 27.3. The summed E-state index contributed by atoms with van der Waals surface area (Å²) < 4.78 is 67.0. The van der Waals surface area contributed by atoms with E-state index in [-0.39, 0.29) is 25.7 Å². The number of aliphatic hydroxyl groups is 1. The van der Waals surface area contributed by atoms with E-state index in [1.165, 1.54) is 64.2 Å². The molecule has 0 aliphatic heterocycles. The molecule has 3 N–H and O–H groups in total. The molecule has 0 aromatic rings. The molecule has 0 fully saturated rings. The molecule has 414 valence electrons. The van der Waals surface area contributed by atoms with Crippen LogP contribution in [0.25, 0.3) is 0 Å². The Kier molecular flexibility index (Phi) is 45.5. The molecule has 19 heteroatoms. The normalized spacial score (nSPS) is 14.6. The van der Waals surface area contributed by atoms with E-state index < -0.39 is 97.5 Å². The van der Waals surface area contributed by atoms with Gasteiger partial charge in [0.05, 0.1) is 26.4 Å². The number of hydrogen-bond acceptors (Lipinski definition) is 15. The fraction of sp³-hybridized carbons (Fsp3) is 0.922. The lowest BCUT2D eigenvalue weighted by Crippen LogP contribution is -2.30. The molecule has 0 heterocycles. The van der Waals surface area contributed by atoms with E-state index >= 15 is 0 Å². The van der Waals surface area contributed by atoms with E-state index in [0.717, 1.165) is 103 Å². The predicted octanol–water partition coefficient (Wildman–Crippen LogP) is 12.9. The molecule has 0 rings (SSSR count). The number of aliphatic hydroxyl groups excluding tert-OH is 1. The topological polar surface area (TPSA) is 237 Å². The molecule has 0 radical (unpaired) electrons. The minimum Gasteiger partial charge on any atom is -0.462 e. The van der Waals surface area contributed by atoms with Crippen molar-refractivity contribution in [2.45, 2.75) is 264 Å². The molecule has 17 nitrogen and oxygen atoms in total. The Labute approximate surface area is 422 Å². The molecule has 0 amide bonds. The van der Waals surface area contributed by atoms with Crippen LogP contribution in [0.3, 0.4) is 0 Å². The van der Waals surface area contributed by atoms with Gasteiger partial charge in [0.25, 0.3) is 0 Å². The molecular formula is C51H98O17P2. The Bertz CT molecular complexity index is 1390. The summed E-state index contributed by atoms with van der Waals surface area (Å²) in [6.07, 6.45) is 27.4. The third kappa shape index (κ3) is 45.9. The van der Waals surface area contributed by atoms with Crippen LogP contribution < -0.4 is 0 Å². The molecule has 5 atom stereocenters. The molecular weight excluding hydrogens is 946 g/mol. The lowest BCUT2D eigenvalue weighted by molar-refractivity contribution is -0.161. The lowest BCUT2D eigenvalue weighted by atomic mass is 10.0. The predicted molar refractivity (Wildman–Crippen MR) is 271 cm³/mol. The number of phosphoric ester groups is 2. The van der Waals surface area contributed by atoms with E-state index in [1.807, 2.05) is 0 Å². The Hall–Kier alpha value is -1.94. The second-order valence-electron chi connectivity index (χ2n) is 18.6. The standard InChI is InChI=1S/C51H98O17P2/c1-5-9-13-17-19-21-22-23-24-26-30-34-38-51(56)68-47(42-62-49(54)36-32-29-25-20-18-14-10-6-2)44-66-70(59,60)64-40-45(52)39-63-69(57,58)65-43-46(67-50(55)37-33-28-16-12-8-4)41-61-48(53)35-31-27-15-11-7-3/h45-47,52H,5-44H2,1-4H3,(H,57,58)(H,59,60)/t45-,46+,47+/m0/s1. The number of esters is 4. The summed E-state index contributed by atoms with van der Waals surface area (Å²) in [5, 5.41) is 10.4. The van der Waals surface area contributed by atoms with Crippen LogP contribution in [0.15, 0.2) is 0 Å². The molecule has 70 heavy (non-hydrogen) atoms. The van der Waals surface area contributed by atoms with Crippen LogP contribution in [0.5, 0.6) is 0 Å². The van der Waals surface area contributed by atoms with Gasteiger partial charge in [0.15, 0.2) is 12.2 Å². The maximum Gasteiger partial charge on any atom is 0.472 e. The van der Waals surface area contributed by atoms with Crippen LogP contribution >= 0.6 is 15.6 Å². The van der Waals surface area contributed by atoms with Crippen molar-refractivity contribution in [2.24, 2.45) is 0 Å². The molecule has 0 saturated carbocycles. The highest BCUT2D eigenvalue weighted by Crippen LogP contribution is 2.45. The van der Waals surface area contributed by atoms with Crippen molar-refractivity contribution in [1.82, 2.24) is 0 Å². The summed E-state index contributed by atoms with van der Waals surface area (Å²) in [6, 6.07) is 0. The van der Waals surface area contributed by atoms with Gasteiger partial charge < -0.3 is 33.8 Å². The Balaban J connectivity index is 5.13. The Morgan fingerprint density at radius 3 is 0.843 bits per heavy atom. The van der Waals surface area contributed by atoms with Gasteiger partial charge in [-0.25, -0.2) is 9.13 Å². The molecule has 0 saturated heterocycles. The SMILES string of the molecule is CCCCCCCCCCCCCCC(=O)O[C@H](COC(=O)CCCCCCCCCC)COP(=O)(O)OC[C@@H](O)COP(=O)(O)OC[C@@H](COC(=O)CCCCCCC)OC(=O)CCCCCCC. The van der Waals surface area contributed by atoms with Crippen molar-refractivity contribution in [3.63, 3.8) is 0 Å². The van der Waals surface area contributed by atoms with Gasteiger partial charge in [0.2, 0.25) is 0 Å². The number of carbonyl (C=O) groups excluding carboxylic acids is 4. The van der Waals surface area contributed by atoms with Gasteiger partial charge >= 0.3 is 39.5 Å². The van der Waals surface area contributed by atoms with Crippen LogP contribution in [0, 0.1) is 0 Å². The van der Waals surface area contributed by atoms with Gasteiger partial charge in [-0.3, -0.25) is 37.3 Å². The van der Waals surface area contributed by atoms with Crippen molar-refractivity contribution < 1.29 is 80.2 Å². The fourth-order valence-electron chi connectivity index (χ4n) is 7.34. The highest BCUT2D eigenvalue weighted by Gasteiger charge is 2.30. The van der Waals surface area contributed by atoms with Crippen molar-refractivity contribution >= 4 is 39.5 Å². The molecule has 2 unspecified atom stereocenters. The Morgan fingerprint density at radius 1 is 0.343 bits per heavy atom. The summed E-state index contributed by atoms with van der Waals surface area (Å²) >= 11 is 0. The van der Waals surface area contributed by atoms with Crippen LogP contribution in [-0.4, -0.2) is 96.7 Å². The van der Waals surface area contributed by atoms with E-state index in [1.54, 1.807) is 0 Å². The van der Waals surface area contributed by atoms with Crippen molar-refractivity contribution in [3.8, 4) is 0 Å². The largest absolute Gasteiger partial charge is 0.472 e. The number of hydrogen-bond donors (Lipinski definition) is 3. The summed E-state index contributed by atoms with van der Waals surface area (Å²) in [7, 11) is -9.84. The van der Waals surface area contributed by atoms with Gasteiger partial charge in [-0.05, 0) is 25.7 Å². The van der Waals surface area contributed by atoms with Gasteiger partial charge in [-0.15, -0.1) is 0 Å². The summed E-state index contributed by atoms with van der Waals surface area (Å²) in [5.74, 6) is -2.18. The zero-order chi connectivity index (χ0) is 52.0. The summed E-state index contributed by atoms with van der Waals surface area (Å²) in [6.45, 7) is 4.58. The van der Waals surface area contributed by atoms with Crippen molar-refractivity contribution in [1.29, 1.82) is 0 Å². The quantitative estimate of drug-likeness (QED) is 0.0222. The zero-order valence-corrected chi connectivity index (χ0v) is 45.8. The van der Waals surface area contributed by atoms with Gasteiger partial charge in [-0.1, -0.05) is 195 Å². The summed E-state index contributed by atoms with van der Waals surface area (Å²) in [5.41, 5.74) is 0. The molecule has 0 aliphatic carbocycles. The third-order valence-electron chi connectivity index (χ3n) is 11.6. The van der Waals surface area contributed by atoms with Crippen LogP contribution in [-0.2, 0) is 65.4 Å². The maximum absolute atomic E-state index is 12.8. The molecule has 0 aromatic heterocycles. The first-order chi connectivity index (χ1) is 33.7. The number of carbonyl (C=O) groups is 4. The van der Waals surface area contributed by atoms with Gasteiger partial charge in [0.1, 0.15) is 19.3 Å². The number of ether oxygens (including phenoxy) is 4. The minimum absolute atomic E-state index is 0.0989. The first-order valence-corrected chi connectivity index (χ1v) is 30.3. The number of rotatable bonds is 52. The highest BCUT2D eigenvalue weighted by molar-refractivity contribution is 7.47. The zero-order valence-electron chi connectivity index (χ0n) is 44.0. The monoisotopic (exact) mass is 1040 g/mol. The van der Waals surface area contributed by atoms with E-state index in [2.05, 4.69) is 27.7 Å². The van der Waals surface area contributed by atoms with Crippen LogP contribution in [0.4, 0.5) is 0 Å². The minimum atomic E-state index is -4.92. The smallest absolute Gasteiger partial charge is 0.462 e. The second kappa shape index (κ2) is 46.8. The van der Waals surface area contributed by atoms with Gasteiger partial charge in [-0.2, -0.15) is 0 Å². The third-order valence-corrected chi connectivity index (χ3v) is 13.5. The molecule has 0 aromatic carbocycles. The lowest BCUT2D eigenvalue weighted by Gasteiger charge is -2.21. The molecule has 0 aliphatic rings. The molecule has 0 bridgehead atoms. The van der Waals surface area contributed by atoms with E-state index in [4.69, 9.17) is 37.0 Å². The Morgan fingerprint density at radius 2 is 0.571 bits per heavy atom. The van der Waals surface area contributed by atoms with Crippen molar-refractivity contribution in [2.75, 3.05) is 39.6 Å². The number of phosphoric acid groups is 2. The second-order valence-corrected chi connectivity index (χ2v) is 21.5.